The molecule has 186 valence electrons. The maximum atomic E-state index is 12.6. The standard InChI is InChI=1S/C23H28N6O5S/c1-15-14-33-12-10-29(15)20-13-18(23(2,3)35(4,31)32)25-21(27-20)16-5-7-17(8-6-16)24-22(30)26-19-9-11-34-28-19/h5-9,11,13,15H,10,12,14H2,1-4H3,(H2,24,26,28,30)/t15-/m0/s1. The van der Waals surface area contributed by atoms with Crippen LogP contribution >= 0.6 is 0 Å². The third kappa shape index (κ3) is 5.43. The molecular weight excluding hydrogens is 472 g/mol. The van der Waals surface area contributed by atoms with E-state index in [0.29, 0.717) is 54.2 Å². The summed E-state index contributed by atoms with van der Waals surface area (Å²) in [6.07, 6.45) is 2.56. The highest BCUT2D eigenvalue weighted by atomic mass is 32.2. The molecule has 1 atom stereocenters. The Balaban J connectivity index is 1.65. The van der Waals surface area contributed by atoms with Gasteiger partial charge in [-0.05, 0) is 45.0 Å². The van der Waals surface area contributed by atoms with Gasteiger partial charge in [0.15, 0.2) is 21.5 Å². The Morgan fingerprint density at radius 2 is 1.89 bits per heavy atom. The van der Waals surface area contributed by atoms with Gasteiger partial charge >= 0.3 is 6.03 Å². The molecule has 11 nitrogen and oxygen atoms in total. The average molecular weight is 501 g/mol. The lowest BCUT2D eigenvalue weighted by Gasteiger charge is -2.35. The van der Waals surface area contributed by atoms with Gasteiger partial charge in [-0.1, -0.05) is 5.16 Å². The summed E-state index contributed by atoms with van der Waals surface area (Å²) in [7, 11) is -3.46. The number of aromatic nitrogens is 3. The SMILES string of the molecule is C[C@H]1COCCN1c1cc(C(C)(C)S(C)(=O)=O)nc(-c2ccc(NC(=O)Nc3ccon3)cc2)n1. The van der Waals surface area contributed by atoms with Gasteiger partial charge in [0.25, 0.3) is 0 Å². The minimum Gasteiger partial charge on any atom is -0.377 e. The van der Waals surface area contributed by atoms with Crippen LogP contribution in [0.5, 0.6) is 0 Å². The van der Waals surface area contributed by atoms with Gasteiger partial charge in [-0.25, -0.2) is 23.2 Å². The zero-order chi connectivity index (χ0) is 25.2. The van der Waals surface area contributed by atoms with Gasteiger partial charge in [0.1, 0.15) is 16.8 Å². The first kappa shape index (κ1) is 24.6. The number of morpholine rings is 1. The number of hydrogen-bond acceptors (Lipinski definition) is 9. The molecule has 2 aromatic heterocycles. The molecule has 0 bridgehead atoms. The van der Waals surface area contributed by atoms with Crippen LogP contribution in [0.4, 0.5) is 22.1 Å². The van der Waals surface area contributed by atoms with Crippen molar-refractivity contribution >= 4 is 33.2 Å². The lowest BCUT2D eigenvalue weighted by Crippen LogP contribution is -2.44. The fourth-order valence-electron chi connectivity index (χ4n) is 3.53. The van der Waals surface area contributed by atoms with Crippen LogP contribution in [0.1, 0.15) is 26.5 Å². The molecule has 3 aromatic rings. The average Bonchev–Trinajstić information content (AvgIpc) is 3.31. The highest BCUT2D eigenvalue weighted by molar-refractivity contribution is 7.91. The second-order valence-corrected chi connectivity index (χ2v) is 11.4. The normalized spacial score (nSPS) is 16.7. The quantitative estimate of drug-likeness (QED) is 0.522. The molecule has 0 saturated carbocycles. The number of ether oxygens (including phenoxy) is 1. The number of urea groups is 1. The zero-order valence-corrected chi connectivity index (χ0v) is 20.8. The number of rotatable bonds is 6. The summed E-state index contributed by atoms with van der Waals surface area (Å²) in [5, 5.41) is 8.89. The van der Waals surface area contributed by atoms with Gasteiger partial charge in [-0.2, -0.15) is 0 Å². The van der Waals surface area contributed by atoms with Gasteiger partial charge in [0, 0.05) is 36.2 Å². The summed E-state index contributed by atoms with van der Waals surface area (Å²) < 4.78 is 34.2. The van der Waals surface area contributed by atoms with E-state index < -0.39 is 20.6 Å². The van der Waals surface area contributed by atoms with E-state index in [0.717, 1.165) is 0 Å². The topological polar surface area (TPSA) is 140 Å². The van der Waals surface area contributed by atoms with Crippen LogP contribution in [0.2, 0.25) is 0 Å². The Hall–Kier alpha value is -3.51. The number of amides is 2. The number of anilines is 3. The highest BCUT2D eigenvalue weighted by Crippen LogP contribution is 2.32. The minimum atomic E-state index is -3.46. The van der Waals surface area contributed by atoms with Crippen LogP contribution in [0.15, 0.2) is 47.2 Å². The van der Waals surface area contributed by atoms with Crippen molar-refractivity contribution in [3.05, 3.63) is 48.4 Å². The molecule has 35 heavy (non-hydrogen) atoms. The number of hydrogen-bond donors (Lipinski definition) is 2. The van der Waals surface area contributed by atoms with E-state index in [1.165, 1.54) is 18.6 Å². The monoisotopic (exact) mass is 500 g/mol. The number of sulfone groups is 1. The van der Waals surface area contributed by atoms with Gasteiger partial charge in [-0.3, -0.25) is 5.32 Å². The van der Waals surface area contributed by atoms with Crippen LogP contribution < -0.4 is 15.5 Å². The van der Waals surface area contributed by atoms with Crippen molar-refractivity contribution < 1.29 is 22.5 Å². The van der Waals surface area contributed by atoms with E-state index in [-0.39, 0.29) is 6.04 Å². The van der Waals surface area contributed by atoms with Crippen LogP contribution in [0.25, 0.3) is 11.4 Å². The second kappa shape index (κ2) is 9.62. The van der Waals surface area contributed by atoms with Crippen molar-refractivity contribution in [2.45, 2.75) is 31.6 Å². The van der Waals surface area contributed by atoms with E-state index in [2.05, 4.69) is 25.7 Å². The summed E-state index contributed by atoms with van der Waals surface area (Å²) in [5.74, 6) is 1.33. The van der Waals surface area contributed by atoms with Crippen LogP contribution in [0.3, 0.4) is 0 Å². The largest absolute Gasteiger partial charge is 0.377 e. The summed E-state index contributed by atoms with van der Waals surface area (Å²) in [5.41, 5.74) is 1.64. The van der Waals surface area contributed by atoms with Crippen molar-refractivity contribution in [1.82, 2.24) is 15.1 Å². The number of nitrogens with zero attached hydrogens (tertiary/aromatic N) is 4. The van der Waals surface area contributed by atoms with Gasteiger partial charge in [-0.15, -0.1) is 0 Å². The molecule has 0 aliphatic carbocycles. The maximum absolute atomic E-state index is 12.6. The molecule has 0 unspecified atom stereocenters. The first-order valence-corrected chi connectivity index (χ1v) is 13.0. The maximum Gasteiger partial charge on any atom is 0.324 e. The van der Waals surface area contributed by atoms with Crippen molar-refractivity contribution in [2.75, 3.05) is 41.5 Å². The summed E-state index contributed by atoms with van der Waals surface area (Å²) in [4.78, 5) is 23.6. The van der Waals surface area contributed by atoms with Gasteiger partial charge in [0.05, 0.1) is 24.9 Å². The van der Waals surface area contributed by atoms with Gasteiger partial charge in [0.2, 0.25) is 0 Å². The summed E-state index contributed by atoms with van der Waals surface area (Å²) in [6, 6.07) is 9.85. The van der Waals surface area contributed by atoms with E-state index in [4.69, 9.17) is 14.2 Å². The molecule has 2 N–H and O–H groups in total. The second-order valence-electron chi connectivity index (χ2n) is 8.88. The van der Waals surface area contributed by atoms with Crippen molar-refractivity contribution in [1.29, 1.82) is 0 Å². The number of nitrogens with one attached hydrogen (secondary N) is 2. The van der Waals surface area contributed by atoms with E-state index in [1.807, 2.05) is 6.92 Å². The molecule has 1 fully saturated rings. The highest BCUT2D eigenvalue weighted by Gasteiger charge is 2.35. The van der Waals surface area contributed by atoms with Crippen molar-refractivity contribution in [2.24, 2.45) is 0 Å². The summed E-state index contributed by atoms with van der Waals surface area (Å²) in [6.45, 7) is 7.07. The number of carbonyl (C=O) groups is 1. The molecule has 0 spiro atoms. The molecular formula is C23H28N6O5S. The Morgan fingerprint density at radius 1 is 1.14 bits per heavy atom. The minimum absolute atomic E-state index is 0.0792. The predicted octanol–water partition coefficient (Wildman–Crippen LogP) is 3.28. The van der Waals surface area contributed by atoms with Crippen LogP contribution in [-0.4, -0.2) is 61.6 Å². The Labute approximate surface area is 203 Å². The molecule has 1 aliphatic rings. The molecule has 1 aliphatic heterocycles. The van der Waals surface area contributed by atoms with Crippen LogP contribution in [0, 0.1) is 0 Å². The molecule has 0 radical (unpaired) electrons. The first-order valence-electron chi connectivity index (χ1n) is 11.1. The van der Waals surface area contributed by atoms with Crippen molar-refractivity contribution in [3.63, 3.8) is 0 Å². The third-order valence-corrected chi connectivity index (χ3v) is 8.06. The molecule has 12 heteroatoms. The first-order chi connectivity index (χ1) is 16.5. The Bertz CT molecular complexity index is 1290. The zero-order valence-electron chi connectivity index (χ0n) is 20.0. The molecule has 1 aromatic carbocycles. The molecule has 3 heterocycles. The van der Waals surface area contributed by atoms with E-state index in [9.17, 15) is 13.2 Å². The summed E-state index contributed by atoms with van der Waals surface area (Å²) >= 11 is 0. The molecule has 2 amide bonds. The predicted molar refractivity (Wildman–Crippen MR) is 132 cm³/mol. The van der Waals surface area contributed by atoms with Gasteiger partial charge < -0.3 is 19.5 Å². The fraction of sp³-hybridized carbons (Fsp3) is 0.391. The smallest absolute Gasteiger partial charge is 0.324 e. The fourth-order valence-corrected chi connectivity index (χ4v) is 4.02. The third-order valence-electron chi connectivity index (χ3n) is 6.00. The van der Waals surface area contributed by atoms with E-state index in [1.54, 1.807) is 44.2 Å². The number of benzene rings is 1. The van der Waals surface area contributed by atoms with Crippen molar-refractivity contribution in [3.8, 4) is 11.4 Å². The lowest BCUT2D eigenvalue weighted by atomic mass is 10.1. The van der Waals surface area contributed by atoms with Crippen LogP contribution in [-0.2, 0) is 19.3 Å². The Kier molecular flexibility index (Phi) is 6.77. The lowest BCUT2D eigenvalue weighted by molar-refractivity contribution is 0.0985. The van der Waals surface area contributed by atoms with E-state index >= 15 is 0 Å². The molecule has 4 rings (SSSR count). The number of carbonyl (C=O) groups excluding carboxylic acids is 1. The molecule has 1 saturated heterocycles. The Morgan fingerprint density at radius 3 is 2.51 bits per heavy atom.